The Morgan fingerprint density at radius 1 is 1.07 bits per heavy atom. The molecule has 0 radical (unpaired) electrons. The van der Waals surface area contributed by atoms with E-state index in [1.807, 2.05) is 11.1 Å². The van der Waals surface area contributed by atoms with Gasteiger partial charge < -0.3 is 4.90 Å². The molecule has 6 heteroatoms. The Balaban J connectivity index is 1.43. The zero-order valence-corrected chi connectivity index (χ0v) is 16.7. The predicted octanol–water partition coefficient (Wildman–Crippen LogP) is 3.56. The summed E-state index contributed by atoms with van der Waals surface area (Å²) in [5, 5.41) is 8.49. The first-order valence-electron chi connectivity index (χ1n) is 10.7. The topological polar surface area (TPSA) is 65.1 Å². The van der Waals surface area contributed by atoms with Crippen molar-refractivity contribution in [2.45, 2.75) is 38.1 Å². The van der Waals surface area contributed by atoms with Gasteiger partial charge in [-0.15, -0.1) is 0 Å². The molecule has 5 rings (SSSR count). The molecule has 0 spiro atoms. The molecule has 1 amide bonds. The smallest absolute Gasteiger partial charge is 0.209 e. The van der Waals surface area contributed by atoms with Crippen molar-refractivity contribution < 1.29 is 4.79 Å². The highest BCUT2D eigenvalue weighted by atomic mass is 16.1. The normalized spacial score (nSPS) is 18.6. The maximum absolute atomic E-state index is 11.0. The summed E-state index contributed by atoms with van der Waals surface area (Å²) in [7, 11) is 0. The lowest BCUT2D eigenvalue weighted by Gasteiger charge is -2.29. The summed E-state index contributed by atoms with van der Waals surface area (Å²) in [5.41, 5.74) is 5.55. The lowest BCUT2D eigenvalue weighted by Crippen LogP contribution is -2.31. The van der Waals surface area contributed by atoms with Gasteiger partial charge in [0.25, 0.3) is 0 Å². The highest BCUT2D eigenvalue weighted by molar-refractivity contribution is 5.91. The second-order valence-electron chi connectivity index (χ2n) is 8.33. The number of fused-ring (bicyclic) bond motifs is 1. The fourth-order valence-electron chi connectivity index (χ4n) is 4.66. The monoisotopic (exact) mass is 389 g/mol. The molecule has 6 nitrogen and oxygen atoms in total. The molecule has 3 aromatic rings. The SMILES string of the molecule is O=CN1CCC(c2cc3cn[nH]c3c(-c3ccc(CN4CCCC4)cc3)n2)CC1. The molecule has 0 unspecified atom stereocenters. The maximum Gasteiger partial charge on any atom is 0.209 e. The van der Waals surface area contributed by atoms with Crippen LogP contribution in [0.3, 0.4) is 0 Å². The molecule has 4 heterocycles. The van der Waals surface area contributed by atoms with Crippen molar-refractivity contribution >= 4 is 17.3 Å². The van der Waals surface area contributed by atoms with Crippen molar-refractivity contribution in [3.05, 3.63) is 47.8 Å². The van der Waals surface area contributed by atoms with Crippen LogP contribution in [-0.4, -0.2) is 57.6 Å². The van der Waals surface area contributed by atoms with Crippen molar-refractivity contribution in [1.29, 1.82) is 0 Å². The molecular weight excluding hydrogens is 362 g/mol. The molecule has 0 atom stereocenters. The number of nitrogens with one attached hydrogen (secondary N) is 1. The standard InChI is InChI=1S/C23H27N5O/c29-16-28-11-7-18(8-12-28)21-13-20-14-24-26-23(20)22(25-21)19-5-3-17(4-6-19)15-27-9-1-2-10-27/h3-6,13-14,16,18H,1-2,7-12,15H2,(H,24,26). The Morgan fingerprint density at radius 3 is 2.55 bits per heavy atom. The van der Waals surface area contributed by atoms with Crippen LogP contribution in [0.5, 0.6) is 0 Å². The predicted molar refractivity (Wildman–Crippen MR) is 113 cm³/mol. The number of rotatable bonds is 5. The summed E-state index contributed by atoms with van der Waals surface area (Å²) < 4.78 is 0. The number of pyridine rings is 1. The molecule has 0 saturated carbocycles. The first-order valence-corrected chi connectivity index (χ1v) is 10.7. The summed E-state index contributed by atoms with van der Waals surface area (Å²) in [6.45, 7) is 5.06. The minimum atomic E-state index is 0.388. The van der Waals surface area contributed by atoms with Gasteiger partial charge in [-0.3, -0.25) is 19.8 Å². The number of carbonyl (C=O) groups is 1. The third-order valence-electron chi connectivity index (χ3n) is 6.38. The van der Waals surface area contributed by atoms with Crippen molar-refractivity contribution in [1.82, 2.24) is 25.0 Å². The number of carbonyl (C=O) groups excluding carboxylic acids is 1. The van der Waals surface area contributed by atoms with Crippen LogP contribution in [0.2, 0.25) is 0 Å². The summed E-state index contributed by atoms with van der Waals surface area (Å²) >= 11 is 0. The average molecular weight is 390 g/mol. The first kappa shape index (κ1) is 18.3. The number of hydrogen-bond donors (Lipinski definition) is 1. The quantitative estimate of drug-likeness (QED) is 0.678. The van der Waals surface area contributed by atoms with Crippen molar-refractivity contribution in [3.8, 4) is 11.3 Å². The largest absolute Gasteiger partial charge is 0.345 e. The molecule has 2 saturated heterocycles. The summed E-state index contributed by atoms with van der Waals surface area (Å²) in [5.74, 6) is 0.388. The van der Waals surface area contributed by atoms with E-state index in [1.54, 1.807) is 0 Å². The van der Waals surface area contributed by atoms with Gasteiger partial charge in [0.1, 0.15) is 0 Å². The van der Waals surface area contributed by atoms with Crippen LogP contribution in [0.1, 0.15) is 42.9 Å². The van der Waals surface area contributed by atoms with E-state index in [9.17, 15) is 4.79 Å². The zero-order valence-electron chi connectivity index (χ0n) is 16.7. The van der Waals surface area contributed by atoms with Crippen LogP contribution in [0.25, 0.3) is 22.2 Å². The van der Waals surface area contributed by atoms with Crippen molar-refractivity contribution in [2.24, 2.45) is 0 Å². The number of aromatic amines is 1. The molecule has 2 fully saturated rings. The average Bonchev–Trinajstić information content (AvgIpc) is 3.45. The van der Waals surface area contributed by atoms with Crippen LogP contribution < -0.4 is 0 Å². The first-order chi connectivity index (χ1) is 14.3. The summed E-state index contributed by atoms with van der Waals surface area (Å²) in [4.78, 5) is 20.5. The third kappa shape index (κ3) is 3.77. The fourth-order valence-corrected chi connectivity index (χ4v) is 4.66. The van der Waals surface area contributed by atoms with E-state index < -0.39 is 0 Å². The van der Waals surface area contributed by atoms with E-state index >= 15 is 0 Å². The second kappa shape index (κ2) is 7.95. The van der Waals surface area contributed by atoms with E-state index in [2.05, 4.69) is 45.4 Å². The highest BCUT2D eigenvalue weighted by Crippen LogP contribution is 2.32. The van der Waals surface area contributed by atoms with Crippen LogP contribution in [0, 0.1) is 0 Å². The van der Waals surface area contributed by atoms with Crippen molar-refractivity contribution in [3.63, 3.8) is 0 Å². The number of hydrogen-bond acceptors (Lipinski definition) is 4. The Hall–Kier alpha value is -2.73. The summed E-state index contributed by atoms with van der Waals surface area (Å²) in [6.07, 6.45) is 7.40. The molecule has 2 aliphatic rings. The molecule has 29 heavy (non-hydrogen) atoms. The Bertz CT molecular complexity index is 982. The minimum absolute atomic E-state index is 0.388. The number of benzene rings is 1. The maximum atomic E-state index is 11.0. The Labute approximate surface area is 170 Å². The van der Waals surface area contributed by atoms with Gasteiger partial charge in [0.15, 0.2) is 0 Å². The minimum Gasteiger partial charge on any atom is -0.345 e. The fraction of sp³-hybridized carbons (Fsp3) is 0.435. The van der Waals surface area contributed by atoms with E-state index in [0.29, 0.717) is 5.92 Å². The van der Waals surface area contributed by atoms with E-state index in [-0.39, 0.29) is 0 Å². The molecule has 0 aliphatic carbocycles. The third-order valence-corrected chi connectivity index (χ3v) is 6.38. The van der Waals surface area contributed by atoms with Gasteiger partial charge in [0.05, 0.1) is 17.4 Å². The number of aromatic nitrogens is 3. The van der Waals surface area contributed by atoms with Gasteiger partial charge in [-0.2, -0.15) is 5.10 Å². The summed E-state index contributed by atoms with van der Waals surface area (Å²) in [6, 6.07) is 11.0. The van der Waals surface area contributed by atoms with E-state index in [4.69, 9.17) is 4.98 Å². The van der Waals surface area contributed by atoms with Gasteiger partial charge in [-0.1, -0.05) is 24.3 Å². The van der Waals surface area contributed by atoms with Gasteiger partial charge in [-0.05, 0) is 50.4 Å². The lowest BCUT2D eigenvalue weighted by molar-refractivity contribution is -0.119. The molecule has 2 aliphatic heterocycles. The molecule has 1 N–H and O–H groups in total. The number of nitrogens with zero attached hydrogens (tertiary/aromatic N) is 4. The van der Waals surface area contributed by atoms with Gasteiger partial charge in [0, 0.05) is 42.2 Å². The lowest BCUT2D eigenvalue weighted by atomic mass is 9.92. The van der Waals surface area contributed by atoms with Crippen molar-refractivity contribution in [2.75, 3.05) is 26.2 Å². The zero-order chi connectivity index (χ0) is 19.6. The molecule has 2 aromatic heterocycles. The van der Waals surface area contributed by atoms with Gasteiger partial charge in [-0.25, -0.2) is 0 Å². The molecule has 1 aromatic carbocycles. The Morgan fingerprint density at radius 2 is 1.83 bits per heavy atom. The van der Waals surface area contributed by atoms with Gasteiger partial charge in [0.2, 0.25) is 6.41 Å². The van der Waals surface area contributed by atoms with Crippen LogP contribution in [-0.2, 0) is 11.3 Å². The van der Waals surface area contributed by atoms with Crippen LogP contribution in [0.15, 0.2) is 36.5 Å². The van der Waals surface area contributed by atoms with E-state index in [0.717, 1.165) is 66.7 Å². The number of likely N-dealkylation sites (tertiary alicyclic amines) is 2. The number of piperidine rings is 1. The molecule has 0 bridgehead atoms. The Kier molecular flexibility index (Phi) is 5.02. The number of amides is 1. The van der Waals surface area contributed by atoms with Crippen LogP contribution in [0.4, 0.5) is 0 Å². The highest BCUT2D eigenvalue weighted by Gasteiger charge is 2.22. The number of H-pyrrole nitrogens is 1. The van der Waals surface area contributed by atoms with Gasteiger partial charge >= 0.3 is 0 Å². The van der Waals surface area contributed by atoms with E-state index in [1.165, 1.54) is 31.5 Å². The molecule has 150 valence electrons. The second-order valence-corrected chi connectivity index (χ2v) is 8.33. The van der Waals surface area contributed by atoms with Crippen LogP contribution >= 0.6 is 0 Å². The molecular formula is C23H27N5O.